The highest BCUT2D eigenvalue weighted by atomic mass is 32.2. The number of hydrogen-bond donors (Lipinski definition) is 1. The lowest BCUT2D eigenvalue weighted by Crippen LogP contribution is -2.46. The van der Waals surface area contributed by atoms with Crippen molar-refractivity contribution in [1.82, 2.24) is 9.62 Å². The van der Waals surface area contributed by atoms with E-state index in [1.54, 1.807) is 7.11 Å². The molecule has 0 radical (unpaired) electrons. The third-order valence-corrected chi connectivity index (χ3v) is 6.05. The van der Waals surface area contributed by atoms with Gasteiger partial charge in [0.25, 0.3) is 0 Å². The number of hydrogen-bond acceptors (Lipinski definition) is 4. The van der Waals surface area contributed by atoms with Gasteiger partial charge in [0.15, 0.2) is 0 Å². The second-order valence-electron chi connectivity index (χ2n) is 6.55. The Morgan fingerprint density at radius 1 is 1.14 bits per heavy atom. The standard InChI is InChI=1S/C20H26FN3O4S/c1-23(2)29(26,27)24(19-12-5-4-11-18(19)21)15-20(25)22-13-7-9-16-8-6-10-17(14-16)28-3/h4-6,8,10-12,14H,7,9,13,15H2,1-3H3,(H,22,25). The van der Waals surface area contributed by atoms with Crippen LogP contribution in [0.25, 0.3) is 0 Å². The van der Waals surface area contributed by atoms with E-state index in [4.69, 9.17) is 4.74 Å². The van der Waals surface area contributed by atoms with E-state index >= 15 is 0 Å². The number of benzene rings is 2. The molecule has 0 saturated carbocycles. The molecule has 0 aromatic heterocycles. The van der Waals surface area contributed by atoms with Crippen LogP contribution in [0.1, 0.15) is 12.0 Å². The molecular weight excluding hydrogens is 397 g/mol. The molecule has 7 nitrogen and oxygen atoms in total. The summed E-state index contributed by atoms with van der Waals surface area (Å²) in [5, 5.41) is 2.69. The van der Waals surface area contributed by atoms with Crippen LogP contribution in [0.5, 0.6) is 5.75 Å². The summed E-state index contributed by atoms with van der Waals surface area (Å²) in [7, 11) is 0.218. The smallest absolute Gasteiger partial charge is 0.304 e. The molecule has 2 rings (SSSR count). The second-order valence-corrected chi connectivity index (χ2v) is 8.62. The zero-order chi connectivity index (χ0) is 21.4. The Hall–Kier alpha value is -2.65. The molecule has 0 spiro atoms. The van der Waals surface area contributed by atoms with Crippen molar-refractivity contribution >= 4 is 21.8 Å². The van der Waals surface area contributed by atoms with Gasteiger partial charge in [-0.05, 0) is 42.7 Å². The predicted octanol–water partition coefficient (Wildman–Crippen LogP) is 2.20. The Morgan fingerprint density at radius 3 is 2.52 bits per heavy atom. The van der Waals surface area contributed by atoms with Gasteiger partial charge in [-0.3, -0.25) is 4.79 Å². The van der Waals surface area contributed by atoms with Crippen molar-refractivity contribution in [3.05, 3.63) is 59.9 Å². The van der Waals surface area contributed by atoms with E-state index in [0.29, 0.717) is 13.0 Å². The summed E-state index contributed by atoms with van der Waals surface area (Å²) in [5.41, 5.74) is 0.898. The van der Waals surface area contributed by atoms with Crippen LogP contribution in [0.15, 0.2) is 48.5 Å². The van der Waals surface area contributed by atoms with Crippen LogP contribution in [-0.2, 0) is 21.4 Å². The number of ether oxygens (including phenoxy) is 1. The molecule has 1 N–H and O–H groups in total. The molecule has 29 heavy (non-hydrogen) atoms. The third kappa shape index (κ3) is 6.16. The van der Waals surface area contributed by atoms with E-state index in [2.05, 4.69) is 5.32 Å². The van der Waals surface area contributed by atoms with Gasteiger partial charge < -0.3 is 10.1 Å². The van der Waals surface area contributed by atoms with Gasteiger partial charge in [-0.25, -0.2) is 8.70 Å². The first-order valence-electron chi connectivity index (χ1n) is 9.10. The van der Waals surface area contributed by atoms with Crippen molar-refractivity contribution in [2.24, 2.45) is 0 Å². The van der Waals surface area contributed by atoms with Crippen molar-refractivity contribution in [2.75, 3.05) is 38.6 Å². The number of carbonyl (C=O) groups is 1. The number of rotatable bonds is 10. The van der Waals surface area contributed by atoms with Crippen LogP contribution in [0.4, 0.5) is 10.1 Å². The molecule has 0 heterocycles. The maximum absolute atomic E-state index is 14.2. The highest BCUT2D eigenvalue weighted by Crippen LogP contribution is 2.22. The lowest BCUT2D eigenvalue weighted by Gasteiger charge is -2.27. The zero-order valence-electron chi connectivity index (χ0n) is 16.8. The molecule has 9 heteroatoms. The van der Waals surface area contributed by atoms with Crippen LogP contribution in [0, 0.1) is 5.82 Å². The number of carbonyl (C=O) groups excluding carboxylic acids is 1. The maximum Gasteiger partial charge on any atom is 0.304 e. The minimum absolute atomic E-state index is 0.173. The van der Waals surface area contributed by atoms with E-state index in [-0.39, 0.29) is 5.69 Å². The van der Waals surface area contributed by atoms with E-state index in [1.165, 1.54) is 32.3 Å². The monoisotopic (exact) mass is 423 g/mol. The van der Waals surface area contributed by atoms with E-state index in [1.807, 2.05) is 24.3 Å². The SMILES string of the molecule is COc1cccc(CCCNC(=O)CN(c2ccccc2F)S(=O)(=O)N(C)C)c1. The summed E-state index contributed by atoms with van der Waals surface area (Å²) < 4.78 is 46.2. The fraction of sp³-hybridized carbons (Fsp3) is 0.350. The second kappa shape index (κ2) is 10.2. The summed E-state index contributed by atoms with van der Waals surface area (Å²) in [4.78, 5) is 12.3. The number of anilines is 1. The number of aryl methyl sites for hydroxylation is 1. The Kier molecular flexibility index (Phi) is 7.98. The number of nitrogens with zero attached hydrogens (tertiary/aromatic N) is 2. The van der Waals surface area contributed by atoms with E-state index in [0.717, 1.165) is 32.4 Å². The summed E-state index contributed by atoms with van der Waals surface area (Å²) in [6.45, 7) is -0.149. The first kappa shape index (κ1) is 22.6. The van der Waals surface area contributed by atoms with Crippen molar-refractivity contribution in [2.45, 2.75) is 12.8 Å². The minimum atomic E-state index is -4.04. The highest BCUT2D eigenvalue weighted by molar-refractivity contribution is 7.90. The number of para-hydroxylation sites is 1. The van der Waals surface area contributed by atoms with Gasteiger partial charge in [0, 0.05) is 20.6 Å². The topological polar surface area (TPSA) is 79.0 Å². The van der Waals surface area contributed by atoms with Crippen molar-refractivity contribution < 1.29 is 22.3 Å². The molecular formula is C20H26FN3O4S. The maximum atomic E-state index is 14.2. The van der Waals surface area contributed by atoms with Crippen LogP contribution < -0.4 is 14.4 Å². The van der Waals surface area contributed by atoms with Gasteiger partial charge in [-0.1, -0.05) is 24.3 Å². The van der Waals surface area contributed by atoms with Crippen LogP contribution in [0.3, 0.4) is 0 Å². The lowest BCUT2D eigenvalue weighted by molar-refractivity contribution is -0.119. The summed E-state index contributed by atoms with van der Waals surface area (Å²) in [6.07, 6.45) is 1.39. The van der Waals surface area contributed by atoms with Crippen molar-refractivity contribution in [3.8, 4) is 5.75 Å². The van der Waals surface area contributed by atoms with E-state index in [9.17, 15) is 17.6 Å². The van der Waals surface area contributed by atoms with Crippen LogP contribution >= 0.6 is 0 Å². The molecule has 0 aliphatic rings. The summed E-state index contributed by atoms with van der Waals surface area (Å²) >= 11 is 0. The molecule has 0 aliphatic heterocycles. The Morgan fingerprint density at radius 2 is 1.86 bits per heavy atom. The molecule has 0 atom stereocenters. The largest absolute Gasteiger partial charge is 0.497 e. The minimum Gasteiger partial charge on any atom is -0.497 e. The molecule has 0 saturated heterocycles. The summed E-state index contributed by atoms with van der Waals surface area (Å²) in [5.74, 6) is -0.464. The first-order chi connectivity index (χ1) is 13.8. The number of halogens is 1. The molecule has 0 fully saturated rings. The molecule has 0 aliphatic carbocycles. The Bertz CT molecular complexity index is 935. The average Bonchev–Trinajstić information content (AvgIpc) is 2.70. The molecule has 158 valence electrons. The predicted molar refractivity (Wildman–Crippen MR) is 111 cm³/mol. The summed E-state index contributed by atoms with van der Waals surface area (Å²) in [6, 6.07) is 13.1. The number of nitrogens with one attached hydrogen (secondary N) is 1. The fourth-order valence-corrected chi connectivity index (χ4v) is 3.75. The van der Waals surface area contributed by atoms with Gasteiger partial charge in [0.2, 0.25) is 5.91 Å². The highest BCUT2D eigenvalue weighted by Gasteiger charge is 2.29. The molecule has 1 amide bonds. The van der Waals surface area contributed by atoms with Crippen molar-refractivity contribution in [1.29, 1.82) is 0 Å². The van der Waals surface area contributed by atoms with Gasteiger partial charge in [0.1, 0.15) is 18.1 Å². The molecule has 0 unspecified atom stereocenters. The Labute approximate surface area is 171 Å². The number of methoxy groups -OCH3 is 1. The number of amides is 1. The van der Waals surface area contributed by atoms with Crippen LogP contribution in [-0.4, -0.2) is 52.9 Å². The van der Waals surface area contributed by atoms with Gasteiger partial charge in [0.05, 0.1) is 12.8 Å². The van der Waals surface area contributed by atoms with Crippen LogP contribution in [0.2, 0.25) is 0 Å². The quantitative estimate of drug-likeness (QED) is 0.594. The van der Waals surface area contributed by atoms with Crippen molar-refractivity contribution in [3.63, 3.8) is 0 Å². The normalized spacial score (nSPS) is 11.3. The molecule has 2 aromatic rings. The Balaban J connectivity index is 1.98. The first-order valence-corrected chi connectivity index (χ1v) is 10.5. The molecule has 2 aromatic carbocycles. The zero-order valence-corrected chi connectivity index (χ0v) is 17.6. The average molecular weight is 424 g/mol. The van der Waals surface area contributed by atoms with Gasteiger partial charge in [-0.15, -0.1) is 0 Å². The third-order valence-electron chi connectivity index (χ3n) is 4.25. The molecule has 0 bridgehead atoms. The van der Waals surface area contributed by atoms with E-state index < -0.39 is 28.5 Å². The fourth-order valence-electron chi connectivity index (χ4n) is 2.68. The van der Waals surface area contributed by atoms with Gasteiger partial charge >= 0.3 is 10.2 Å². The lowest BCUT2D eigenvalue weighted by atomic mass is 10.1. The van der Waals surface area contributed by atoms with Gasteiger partial charge in [-0.2, -0.15) is 12.7 Å².